The lowest BCUT2D eigenvalue weighted by molar-refractivity contribution is -0.235. The Morgan fingerprint density at radius 3 is 2.50 bits per heavy atom. The van der Waals surface area contributed by atoms with Crippen LogP contribution in [0.4, 0.5) is 0 Å². The second-order valence-electron chi connectivity index (χ2n) is 8.40. The summed E-state index contributed by atoms with van der Waals surface area (Å²) >= 11 is 0. The predicted molar refractivity (Wildman–Crippen MR) is 117 cm³/mol. The second kappa shape index (κ2) is 9.05. The molecule has 3 heterocycles. The van der Waals surface area contributed by atoms with Gasteiger partial charge < -0.3 is 28.5 Å². The fourth-order valence-corrected chi connectivity index (χ4v) is 4.32. The first-order valence-electron chi connectivity index (χ1n) is 10.4. The molecule has 0 aliphatic carbocycles. The number of carbonyl (C=O) groups is 1. The number of carbonyl (C=O) groups excluding carboxylic acids is 1. The molecule has 0 aromatic carbocycles. The van der Waals surface area contributed by atoms with Crippen molar-refractivity contribution >= 4 is 12.0 Å². The molecule has 0 spiro atoms. The van der Waals surface area contributed by atoms with E-state index in [0.717, 1.165) is 5.56 Å². The smallest absolute Gasteiger partial charge is 0.339 e. The largest absolute Gasteiger partial charge is 0.496 e. The van der Waals surface area contributed by atoms with Crippen LogP contribution in [0.2, 0.25) is 0 Å². The number of rotatable bonds is 6. The molecule has 2 bridgehead atoms. The van der Waals surface area contributed by atoms with Gasteiger partial charge in [0.15, 0.2) is 6.10 Å². The summed E-state index contributed by atoms with van der Waals surface area (Å²) in [4.78, 5) is 23.2. The van der Waals surface area contributed by atoms with E-state index in [1.807, 2.05) is 13.8 Å². The van der Waals surface area contributed by atoms with E-state index in [1.54, 1.807) is 50.3 Å². The van der Waals surface area contributed by atoms with E-state index in [9.17, 15) is 14.7 Å². The molecule has 1 N–H and O–H groups in total. The Morgan fingerprint density at radius 1 is 1.16 bits per heavy atom. The molecule has 0 radical (unpaired) electrons. The molecule has 1 aromatic heterocycles. The average Bonchev–Trinajstić information content (AvgIpc) is 2.87. The summed E-state index contributed by atoms with van der Waals surface area (Å²) in [5.74, 6) is 0.425. The number of hydrogen-bond donors (Lipinski definition) is 1. The second-order valence-corrected chi connectivity index (χ2v) is 8.40. The van der Waals surface area contributed by atoms with Crippen LogP contribution < -0.4 is 10.4 Å². The van der Waals surface area contributed by atoms with Crippen LogP contribution in [-0.4, -0.2) is 53.8 Å². The molecule has 3 rings (SSSR count). The summed E-state index contributed by atoms with van der Waals surface area (Å²) in [5, 5.41) is 10.9. The molecule has 1 aromatic rings. The summed E-state index contributed by atoms with van der Waals surface area (Å²) in [7, 11) is 1.50. The standard InChI is InChI=1S/C24H30O8/c1-14-17(30-20(26)13-19(14)28-6)11-9-7-8-10-12-18-21(27)24(5)22(29-16(3)25)23(4,32-18)15(2)31-24/h7-13,15,18,21-22,27H,1-6H3/t15-,18-,21-,22+,23-,24-/m0/s1. The van der Waals surface area contributed by atoms with Crippen LogP contribution in [0.3, 0.4) is 0 Å². The zero-order valence-corrected chi connectivity index (χ0v) is 19.2. The Morgan fingerprint density at radius 2 is 1.84 bits per heavy atom. The zero-order valence-electron chi connectivity index (χ0n) is 19.2. The third-order valence-electron chi connectivity index (χ3n) is 6.15. The quantitative estimate of drug-likeness (QED) is 0.525. The van der Waals surface area contributed by atoms with Crippen molar-refractivity contribution in [2.45, 2.75) is 70.2 Å². The molecular formula is C24H30O8. The normalized spacial score (nSPS) is 34.6. The molecule has 0 amide bonds. The van der Waals surface area contributed by atoms with E-state index in [2.05, 4.69) is 0 Å². The van der Waals surface area contributed by atoms with E-state index in [4.69, 9.17) is 23.4 Å². The lowest BCUT2D eigenvalue weighted by atomic mass is 9.78. The minimum atomic E-state index is -1.09. The maximum Gasteiger partial charge on any atom is 0.339 e. The number of aliphatic hydroxyl groups is 1. The Balaban J connectivity index is 1.71. The van der Waals surface area contributed by atoms with Crippen molar-refractivity contribution in [3.8, 4) is 5.75 Å². The van der Waals surface area contributed by atoms with Crippen LogP contribution in [0, 0.1) is 6.92 Å². The fourth-order valence-electron chi connectivity index (χ4n) is 4.32. The van der Waals surface area contributed by atoms with Gasteiger partial charge in [-0.3, -0.25) is 4.79 Å². The highest BCUT2D eigenvalue weighted by molar-refractivity contribution is 5.66. The van der Waals surface area contributed by atoms with Crippen molar-refractivity contribution in [1.82, 2.24) is 0 Å². The average molecular weight is 446 g/mol. The van der Waals surface area contributed by atoms with Crippen molar-refractivity contribution in [3.05, 3.63) is 58.2 Å². The Bertz CT molecular complexity index is 1010. The summed E-state index contributed by atoms with van der Waals surface area (Å²) in [6.45, 7) is 8.52. The first-order chi connectivity index (χ1) is 15.0. The van der Waals surface area contributed by atoms with Crippen LogP contribution >= 0.6 is 0 Å². The van der Waals surface area contributed by atoms with Gasteiger partial charge in [-0.1, -0.05) is 30.4 Å². The fraction of sp³-hybridized carbons (Fsp3) is 0.500. The number of ether oxygens (including phenoxy) is 4. The van der Waals surface area contributed by atoms with Gasteiger partial charge in [0.2, 0.25) is 0 Å². The lowest BCUT2D eigenvalue weighted by Gasteiger charge is -2.47. The van der Waals surface area contributed by atoms with E-state index in [1.165, 1.54) is 20.1 Å². The summed E-state index contributed by atoms with van der Waals surface area (Å²) in [6, 6.07) is 1.30. The van der Waals surface area contributed by atoms with Crippen molar-refractivity contribution in [1.29, 1.82) is 0 Å². The van der Waals surface area contributed by atoms with Crippen molar-refractivity contribution < 1.29 is 33.3 Å². The molecule has 8 nitrogen and oxygen atoms in total. The molecular weight excluding hydrogens is 416 g/mol. The van der Waals surface area contributed by atoms with Crippen molar-refractivity contribution in [3.63, 3.8) is 0 Å². The molecule has 0 unspecified atom stereocenters. The van der Waals surface area contributed by atoms with E-state index in [0.29, 0.717) is 11.5 Å². The van der Waals surface area contributed by atoms with Crippen molar-refractivity contribution in [2.24, 2.45) is 0 Å². The Hall–Kier alpha value is -2.68. The Kier molecular flexibility index (Phi) is 6.78. The predicted octanol–water partition coefficient (Wildman–Crippen LogP) is 2.71. The van der Waals surface area contributed by atoms with Gasteiger partial charge in [0, 0.05) is 12.5 Å². The topological polar surface area (TPSA) is 104 Å². The Labute approximate surface area is 187 Å². The molecule has 6 atom stereocenters. The summed E-state index contributed by atoms with van der Waals surface area (Å²) < 4.78 is 28.0. The maximum atomic E-state index is 11.6. The molecule has 2 fully saturated rings. The highest BCUT2D eigenvalue weighted by Crippen LogP contribution is 2.50. The molecule has 0 saturated carbocycles. The number of fused-ring (bicyclic) bond motifs is 2. The van der Waals surface area contributed by atoms with Gasteiger partial charge in [-0.15, -0.1) is 0 Å². The molecule has 2 aliphatic heterocycles. The number of allylic oxidation sites excluding steroid dienone is 4. The molecule has 174 valence electrons. The number of methoxy groups -OCH3 is 1. The minimum absolute atomic E-state index is 0.371. The van der Waals surface area contributed by atoms with Gasteiger partial charge in [0.05, 0.1) is 19.3 Å². The van der Waals surface area contributed by atoms with Crippen LogP contribution in [0.25, 0.3) is 6.08 Å². The highest BCUT2D eigenvalue weighted by atomic mass is 16.7. The van der Waals surface area contributed by atoms with Crippen LogP contribution in [0.15, 0.2) is 45.7 Å². The van der Waals surface area contributed by atoms with Gasteiger partial charge >= 0.3 is 11.6 Å². The summed E-state index contributed by atoms with van der Waals surface area (Å²) in [5.41, 5.74) is -1.74. The van der Waals surface area contributed by atoms with E-state index >= 15 is 0 Å². The molecule has 2 aliphatic rings. The third kappa shape index (κ3) is 4.30. The molecule has 32 heavy (non-hydrogen) atoms. The highest BCUT2D eigenvalue weighted by Gasteiger charge is 2.69. The first kappa shape index (κ1) is 24.0. The number of esters is 1. The van der Waals surface area contributed by atoms with Crippen LogP contribution in [-0.2, 0) is 19.0 Å². The van der Waals surface area contributed by atoms with Crippen molar-refractivity contribution in [2.75, 3.05) is 7.11 Å². The zero-order chi connectivity index (χ0) is 23.7. The van der Waals surface area contributed by atoms with Gasteiger partial charge in [-0.2, -0.15) is 0 Å². The van der Waals surface area contributed by atoms with E-state index in [-0.39, 0.29) is 6.10 Å². The van der Waals surface area contributed by atoms with Gasteiger partial charge in [0.25, 0.3) is 0 Å². The molecule has 2 saturated heterocycles. The maximum absolute atomic E-state index is 11.6. The first-order valence-corrected chi connectivity index (χ1v) is 10.4. The van der Waals surface area contributed by atoms with Crippen LogP contribution in [0.1, 0.15) is 39.0 Å². The van der Waals surface area contributed by atoms with Gasteiger partial charge in [-0.25, -0.2) is 4.79 Å². The lowest BCUT2D eigenvalue weighted by Crippen LogP contribution is -2.65. The molecule has 8 heteroatoms. The third-order valence-corrected chi connectivity index (χ3v) is 6.15. The summed E-state index contributed by atoms with van der Waals surface area (Å²) in [6.07, 6.45) is 7.61. The minimum Gasteiger partial charge on any atom is -0.496 e. The van der Waals surface area contributed by atoms with E-state index < -0.39 is 41.1 Å². The van der Waals surface area contributed by atoms with Gasteiger partial charge in [-0.05, 0) is 33.8 Å². The number of aliphatic hydroxyl groups excluding tert-OH is 1. The number of hydrogen-bond acceptors (Lipinski definition) is 8. The SMILES string of the molecule is COc1cc(=O)oc(C=CC=CC=C[C@@H]2O[C@]3(C)[C@@H](OC(C)=O)[C@@](C)(O[C@H]3C)[C@H]2O)c1C. The van der Waals surface area contributed by atoms with Gasteiger partial charge in [0.1, 0.15) is 34.9 Å². The van der Waals surface area contributed by atoms with Crippen LogP contribution in [0.5, 0.6) is 5.75 Å². The monoisotopic (exact) mass is 446 g/mol.